The van der Waals surface area contributed by atoms with Crippen LogP contribution >= 0.6 is 0 Å². The lowest BCUT2D eigenvalue weighted by Crippen LogP contribution is -2.40. The molecule has 82 valence electrons. The summed E-state index contributed by atoms with van der Waals surface area (Å²) in [6.45, 7) is 6.91. The number of carbonyl (C=O) groups is 1. The van der Waals surface area contributed by atoms with E-state index >= 15 is 0 Å². The summed E-state index contributed by atoms with van der Waals surface area (Å²) in [5.41, 5.74) is 5.41. The fraction of sp³-hybridized carbons (Fsp3) is 0.909. The second-order valence-corrected chi connectivity index (χ2v) is 5.41. The zero-order valence-electron chi connectivity index (χ0n) is 9.71. The van der Waals surface area contributed by atoms with E-state index in [0.29, 0.717) is 6.42 Å². The molecule has 0 heterocycles. The van der Waals surface area contributed by atoms with Crippen molar-refractivity contribution in [3.8, 4) is 0 Å². The molecule has 0 spiro atoms. The lowest BCUT2D eigenvalue weighted by atomic mass is 10.0. The first-order valence-corrected chi connectivity index (χ1v) is 5.32. The van der Waals surface area contributed by atoms with E-state index in [0.717, 1.165) is 18.4 Å². The predicted octanol–water partition coefficient (Wildman–Crippen LogP) is 1.23. The largest absolute Gasteiger partial charge is 0.345 e. The van der Waals surface area contributed by atoms with Gasteiger partial charge in [0.05, 0.1) is 0 Å². The maximum absolute atomic E-state index is 11.7. The minimum atomic E-state index is -0.388. The molecule has 3 heteroatoms. The van der Waals surface area contributed by atoms with Crippen LogP contribution in [-0.4, -0.2) is 29.9 Å². The third-order valence-electron chi connectivity index (χ3n) is 2.82. The molecule has 14 heavy (non-hydrogen) atoms. The molecule has 1 saturated carbocycles. The van der Waals surface area contributed by atoms with Gasteiger partial charge in [-0.25, -0.2) is 0 Å². The lowest BCUT2D eigenvalue weighted by Gasteiger charge is -2.23. The van der Waals surface area contributed by atoms with Gasteiger partial charge in [-0.3, -0.25) is 4.79 Å². The fourth-order valence-corrected chi connectivity index (χ4v) is 1.63. The zero-order valence-corrected chi connectivity index (χ0v) is 9.71. The van der Waals surface area contributed by atoms with Gasteiger partial charge in [-0.15, -0.1) is 0 Å². The molecule has 0 aromatic rings. The van der Waals surface area contributed by atoms with Gasteiger partial charge < -0.3 is 10.6 Å². The van der Waals surface area contributed by atoms with Gasteiger partial charge >= 0.3 is 0 Å². The molecule has 1 fully saturated rings. The van der Waals surface area contributed by atoms with Gasteiger partial charge in [0.25, 0.3) is 0 Å². The molecule has 0 aliphatic heterocycles. The summed E-state index contributed by atoms with van der Waals surface area (Å²) in [7, 11) is 1.87. The summed E-state index contributed by atoms with van der Waals surface area (Å²) in [6, 6.07) is 0. The number of rotatable bonds is 4. The van der Waals surface area contributed by atoms with Gasteiger partial charge in [-0.1, -0.05) is 6.92 Å². The number of amides is 1. The fourth-order valence-electron chi connectivity index (χ4n) is 1.63. The van der Waals surface area contributed by atoms with Crippen molar-refractivity contribution in [3.05, 3.63) is 0 Å². The Kier molecular flexibility index (Phi) is 3.20. The second kappa shape index (κ2) is 3.89. The molecule has 0 radical (unpaired) electrons. The standard InChI is InChI=1S/C11H22N2O/c1-8-5-9(8)7-13(4)10(14)6-11(2,3)12/h8-9H,5-7,12H2,1-4H3. The first-order chi connectivity index (χ1) is 6.29. The highest BCUT2D eigenvalue weighted by atomic mass is 16.2. The van der Waals surface area contributed by atoms with Crippen LogP contribution in [0.2, 0.25) is 0 Å². The quantitative estimate of drug-likeness (QED) is 0.738. The molecule has 0 bridgehead atoms. The Morgan fingerprint density at radius 2 is 2.07 bits per heavy atom. The molecule has 1 amide bonds. The van der Waals surface area contributed by atoms with Crippen LogP contribution in [0.5, 0.6) is 0 Å². The van der Waals surface area contributed by atoms with Gasteiger partial charge in [-0.05, 0) is 32.1 Å². The van der Waals surface area contributed by atoms with Crippen molar-refractivity contribution in [1.29, 1.82) is 0 Å². The van der Waals surface area contributed by atoms with E-state index in [9.17, 15) is 4.79 Å². The molecule has 0 aromatic carbocycles. The Balaban J connectivity index is 2.29. The average Bonchev–Trinajstić information content (AvgIpc) is 2.62. The van der Waals surface area contributed by atoms with Gasteiger partial charge in [0, 0.05) is 25.6 Å². The molecular formula is C11H22N2O. The van der Waals surface area contributed by atoms with E-state index in [1.807, 2.05) is 25.8 Å². The smallest absolute Gasteiger partial charge is 0.224 e. The zero-order chi connectivity index (χ0) is 10.9. The molecule has 0 saturated heterocycles. The minimum Gasteiger partial charge on any atom is -0.345 e. The Labute approximate surface area is 86.6 Å². The molecule has 3 nitrogen and oxygen atoms in total. The van der Waals surface area contributed by atoms with Crippen LogP contribution in [0.1, 0.15) is 33.6 Å². The van der Waals surface area contributed by atoms with Gasteiger partial charge in [-0.2, -0.15) is 0 Å². The van der Waals surface area contributed by atoms with Crippen LogP contribution in [0.4, 0.5) is 0 Å². The molecule has 0 aromatic heterocycles. The third kappa shape index (κ3) is 3.66. The van der Waals surface area contributed by atoms with Crippen molar-refractivity contribution in [2.75, 3.05) is 13.6 Å². The highest BCUT2D eigenvalue weighted by Gasteiger charge is 2.34. The van der Waals surface area contributed by atoms with Crippen LogP contribution in [0, 0.1) is 11.8 Å². The maximum atomic E-state index is 11.7. The van der Waals surface area contributed by atoms with E-state index in [1.165, 1.54) is 6.42 Å². The normalized spacial score (nSPS) is 26.1. The topological polar surface area (TPSA) is 46.3 Å². The summed E-state index contributed by atoms with van der Waals surface area (Å²) in [6.07, 6.45) is 1.70. The first kappa shape index (κ1) is 11.5. The Bertz CT molecular complexity index is 220. The summed E-state index contributed by atoms with van der Waals surface area (Å²) in [5.74, 6) is 1.69. The van der Waals surface area contributed by atoms with Gasteiger partial charge in [0.2, 0.25) is 5.91 Å². The summed E-state index contributed by atoms with van der Waals surface area (Å²) >= 11 is 0. The Morgan fingerprint density at radius 3 is 2.43 bits per heavy atom. The molecule has 2 atom stereocenters. The van der Waals surface area contributed by atoms with Crippen molar-refractivity contribution >= 4 is 5.91 Å². The van der Waals surface area contributed by atoms with Crippen LogP contribution in [0.15, 0.2) is 0 Å². The number of nitrogens with two attached hydrogens (primary N) is 1. The second-order valence-electron chi connectivity index (χ2n) is 5.41. The van der Waals surface area contributed by atoms with E-state index in [2.05, 4.69) is 6.92 Å². The summed E-state index contributed by atoms with van der Waals surface area (Å²) in [5, 5.41) is 0. The molecule has 2 N–H and O–H groups in total. The maximum Gasteiger partial charge on any atom is 0.224 e. The number of hydrogen-bond acceptors (Lipinski definition) is 2. The lowest BCUT2D eigenvalue weighted by molar-refractivity contribution is -0.131. The monoisotopic (exact) mass is 198 g/mol. The summed E-state index contributed by atoms with van der Waals surface area (Å²) < 4.78 is 0. The SMILES string of the molecule is CC1CC1CN(C)C(=O)CC(C)(C)N. The van der Waals surface area contributed by atoms with Crippen molar-refractivity contribution in [1.82, 2.24) is 4.90 Å². The van der Waals surface area contributed by atoms with Crippen LogP contribution < -0.4 is 5.73 Å². The minimum absolute atomic E-state index is 0.164. The third-order valence-corrected chi connectivity index (χ3v) is 2.82. The van der Waals surface area contributed by atoms with E-state index in [1.54, 1.807) is 0 Å². The van der Waals surface area contributed by atoms with E-state index < -0.39 is 0 Å². The molecule has 1 aliphatic rings. The van der Waals surface area contributed by atoms with Crippen molar-refractivity contribution < 1.29 is 4.79 Å². The van der Waals surface area contributed by atoms with E-state index in [-0.39, 0.29) is 11.4 Å². The van der Waals surface area contributed by atoms with Crippen LogP contribution in [0.25, 0.3) is 0 Å². The van der Waals surface area contributed by atoms with Crippen LogP contribution in [-0.2, 0) is 4.79 Å². The average molecular weight is 198 g/mol. The Morgan fingerprint density at radius 1 is 1.57 bits per heavy atom. The first-order valence-electron chi connectivity index (χ1n) is 5.32. The summed E-state index contributed by atoms with van der Waals surface area (Å²) in [4.78, 5) is 13.5. The predicted molar refractivity (Wildman–Crippen MR) is 57.8 cm³/mol. The van der Waals surface area contributed by atoms with Crippen molar-refractivity contribution in [3.63, 3.8) is 0 Å². The van der Waals surface area contributed by atoms with Crippen LogP contribution in [0.3, 0.4) is 0 Å². The van der Waals surface area contributed by atoms with Gasteiger partial charge in [0.15, 0.2) is 0 Å². The number of nitrogens with zero attached hydrogens (tertiary/aromatic N) is 1. The highest BCUT2D eigenvalue weighted by molar-refractivity contribution is 5.77. The molecule has 1 rings (SSSR count). The van der Waals surface area contributed by atoms with Crippen molar-refractivity contribution in [2.45, 2.75) is 39.2 Å². The molecular weight excluding hydrogens is 176 g/mol. The van der Waals surface area contributed by atoms with E-state index in [4.69, 9.17) is 5.73 Å². The number of hydrogen-bond donors (Lipinski definition) is 1. The highest BCUT2D eigenvalue weighted by Crippen LogP contribution is 2.38. The molecule has 1 aliphatic carbocycles. The Hall–Kier alpha value is -0.570. The number of carbonyl (C=O) groups excluding carboxylic acids is 1. The van der Waals surface area contributed by atoms with Gasteiger partial charge in [0.1, 0.15) is 0 Å². The van der Waals surface area contributed by atoms with Crippen molar-refractivity contribution in [2.24, 2.45) is 17.6 Å². The molecule has 2 unspecified atom stereocenters.